The second-order valence-corrected chi connectivity index (χ2v) is 6.08. The Labute approximate surface area is 113 Å². The molecule has 1 aromatic rings. The fourth-order valence-corrected chi connectivity index (χ4v) is 2.02. The van der Waals surface area contributed by atoms with E-state index in [0.29, 0.717) is 25.0 Å². The molecule has 102 valence electrons. The van der Waals surface area contributed by atoms with Crippen LogP contribution >= 0.6 is 0 Å². The van der Waals surface area contributed by atoms with E-state index in [1.54, 1.807) is 12.1 Å². The average Bonchev–Trinajstić information content (AvgIpc) is 2.26. The van der Waals surface area contributed by atoms with E-state index >= 15 is 0 Å². The van der Waals surface area contributed by atoms with Gasteiger partial charge in [-0.25, -0.2) is 0 Å². The largest absolute Gasteiger partial charge is 0.427 e. The standard InChI is InChI=1S/C15H19NO3/c1-15(2,3)9-14(18)19-11-5-6-12-10(8-11)4-7-13(17)16-12/h5-6,8H,4,7,9H2,1-3H3,(H,16,17). The van der Waals surface area contributed by atoms with Gasteiger partial charge in [0.1, 0.15) is 5.75 Å². The topological polar surface area (TPSA) is 55.4 Å². The van der Waals surface area contributed by atoms with Crippen molar-refractivity contribution in [1.82, 2.24) is 0 Å². The van der Waals surface area contributed by atoms with Gasteiger partial charge in [-0.2, -0.15) is 0 Å². The summed E-state index contributed by atoms with van der Waals surface area (Å²) in [7, 11) is 0. The van der Waals surface area contributed by atoms with Crippen LogP contribution in [0.15, 0.2) is 18.2 Å². The first-order chi connectivity index (χ1) is 8.83. The van der Waals surface area contributed by atoms with E-state index in [0.717, 1.165) is 11.3 Å². The van der Waals surface area contributed by atoms with Crippen molar-refractivity contribution in [2.75, 3.05) is 5.32 Å². The van der Waals surface area contributed by atoms with Gasteiger partial charge in [-0.05, 0) is 35.6 Å². The van der Waals surface area contributed by atoms with Gasteiger partial charge in [-0.3, -0.25) is 9.59 Å². The zero-order chi connectivity index (χ0) is 14.0. The quantitative estimate of drug-likeness (QED) is 0.658. The minimum atomic E-state index is -0.229. The smallest absolute Gasteiger partial charge is 0.311 e. The molecule has 1 aliphatic heterocycles. The highest BCUT2D eigenvalue weighted by Crippen LogP contribution is 2.27. The third kappa shape index (κ3) is 3.81. The van der Waals surface area contributed by atoms with Crippen LogP contribution in [0.5, 0.6) is 5.75 Å². The van der Waals surface area contributed by atoms with Crippen LogP contribution in [0, 0.1) is 5.41 Å². The fourth-order valence-electron chi connectivity index (χ4n) is 2.02. The number of benzene rings is 1. The van der Waals surface area contributed by atoms with Gasteiger partial charge in [0.15, 0.2) is 0 Å². The molecule has 0 aliphatic carbocycles. The third-order valence-corrected chi connectivity index (χ3v) is 2.88. The van der Waals surface area contributed by atoms with Crippen LogP contribution in [0.2, 0.25) is 0 Å². The van der Waals surface area contributed by atoms with E-state index in [1.807, 2.05) is 26.8 Å². The second kappa shape index (κ2) is 5.03. The monoisotopic (exact) mass is 261 g/mol. The Morgan fingerprint density at radius 2 is 2.05 bits per heavy atom. The zero-order valence-corrected chi connectivity index (χ0v) is 11.6. The van der Waals surface area contributed by atoms with Crippen molar-refractivity contribution in [2.24, 2.45) is 5.41 Å². The second-order valence-electron chi connectivity index (χ2n) is 6.08. The SMILES string of the molecule is CC(C)(C)CC(=O)Oc1ccc2c(c1)CCC(=O)N2. The van der Waals surface area contributed by atoms with Crippen LogP contribution in [0.4, 0.5) is 5.69 Å². The molecule has 2 rings (SSSR count). The van der Waals surface area contributed by atoms with Crippen molar-refractivity contribution >= 4 is 17.6 Å². The van der Waals surface area contributed by atoms with Crippen molar-refractivity contribution in [1.29, 1.82) is 0 Å². The minimum Gasteiger partial charge on any atom is -0.427 e. The first kappa shape index (κ1) is 13.6. The van der Waals surface area contributed by atoms with Gasteiger partial charge < -0.3 is 10.1 Å². The lowest BCUT2D eigenvalue weighted by Crippen LogP contribution is -2.20. The molecule has 1 aromatic carbocycles. The molecule has 1 amide bonds. The summed E-state index contributed by atoms with van der Waals surface area (Å²) in [5.41, 5.74) is 1.74. The maximum absolute atomic E-state index is 11.8. The van der Waals surface area contributed by atoms with Crippen LogP contribution in [0.1, 0.15) is 39.2 Å². The number of hydrogen-bond donors (Lipinski definition) is 1. The summed E-state index contributed by atoms with van der Waals surface area (Å²) in [5, 5.41) is 2.80. The maximum atomic E-state index is 11.8. The normalized spacial score (nSPS) is 14.6. The molecule has 4 heteroatoms. The molecule has 1 heterocycles. The molecule has 1 N–H and O–H groups in total. The highest BCUT2D eigenvalue weighted by molar-refractivity contribution is 5.94. The van der Waals surface area contributed by atoms with E-state index in [9.17, 15) is 9.59 Å². The van der Waals surface area contributed by atoms with Gasteiger partial charge in [0, 0.05) is 12.1 Å². The van der Waals surface area contributed by atoms with Crippen molar-refractivity contribution in [2.45, 2.75) is 40.0 Å². The molecular weight excluding hydrogens is 242 g/mol. The Morgan fingerprint density at radius 1 is 1.32 bits per heavy atom. The number of carbonyl (C=O) groups excluding carboxylic acids is 2. The van der Waals surface area contributed by atoms with E-state index in [1.165, 1.54) is 0 Å². The number of anilines is 1. The van der Waals surface area contributed by atoms with Crippen LogP contribution < -0.4 is 10.1 Å². The predicted molar refractivity (Wildman–Crippen MR) is 73.1 cm³/mol. The molecule has 0 bridgehead atoms. The fraction of sp³-hybridized carbons (Fsp3) is 0.467. The Kier molecular flexibility index (Phi) is 3.60. The molecule has 19 heavy (non-hydrogen) atoms. The molecular formula is C15H19NO3. The van der Waals surface area contributed by atoms with E-state index in [4.69, 9.17) is 4.74 Å². The van der Waals surface area contributed by atoms with Gasteiger partial charge in [-0.1, -0.05) is 20.8 Å². The highest BCUT2D eigenvalue weighted by atomic mass is 16.5. The lowest BCUT2D eigenvalue weighted by molar-refractivity contribution is -0.136. The summed E-state index contributed by atoms with van der Waals surface area (Å²) in [6.45, 7) is 5.99. The third-order valence-electron chi connectivity index (χ3n) is 2.88. The lowest BCUT2D eigenvalue weighted by Gasteiger charge is -2.19. The lowest BCUT2D eigenvalue weighted by atomic mass is 9.92. The van der Waals surface area contributed by atoms with E-state index < -0.39 is 0 Å². The molecule has 0 saturated heterocycles. The van der Waals surface area contributed by atoms with Crippen LogP contribution in [-0.2, 0) is 16.0 Å². The number of carbonyl (C=O) groups is 2. The van der Waals surface area contributed by atoms with Crippen molar-refractivity contribution in [3.8, 4) is 5.75 Å². The van der Waals surface area contributed by atoms with Crippen LogP contribution in [-0.4, -0.2) is 11.9 Å². The molecule has 4 nitrogen and oxygen atoms in total. The van der Waals surface area contributed by atoms with Crippen LogP contribution in [0.3, 0.4) is 0 Å². The van der Waals surface area contributed by atoms with E-state index in [2.05, 4.69) is 5.32 Å². The molecule has 0 unspecified atom stereocenters. The van der Waals surface area contributed by atoms with Gasteiger partial charge >= 0.3 is 5.97 Å². The van der Waals surface area contributed by atoms with Crippen molar-refractivity contribution in [3.05, 3.63) is 23.8 Å². The summed E-state index contributed by atoms with van der Waals surface area (Å²) >= 11 is 0. The number of esters is 1. The summed E-state index contributed by atoms with van der Waals surface area (Å²) in [5.74, 6) is 0.349. The molecule has 0 radical (unpaired) electrons. The summed E-state index contributed by atoms with van der Waals surface area (Å²) in [6, 6.07) is 5.33. The molecule has 0 fully saturated rings. The Hall–Kier alpha value is -1.84. The molecule has 0 saturated carbocycles. The van der Waals surface area contributed by atoms with Gasteiger partial charge in [0.2, 0.25) is 5.91 Å². The van der Waals surface area contributed by atoms with Crippen molar-refractivity contribution < 1.29 is 14.3 Å². The van der Waals surface area contributed by atoms with Crippen molar-refractivity contribution in [3.63, 3.8) is 0 Å². The number of aryl methyl sites for hydroxylation is 1. The number of hydrogen-bond acceptors (Lipinski definition) is 3. The first-order valence-electron chi connectivity index (χ1n) is 6.47. The summed E-state index contributed by atoms with van der Waals surface area (Å²) in [6.07, 6.45) is 1.54. The highest BCUT2D eigenvalue weighted by Gasteiger charge is 2.19. The van der Waals surface area contributed by atoms with Gasteiger partial charge in [-0.15, -0.1) is 0 Å². The van der Waals surface area contributed by atoms with E-state index in [-0.39, 0.29) is 17.3 Å². The Balaban J connectivity index is 2.06. The number of amides is 1. The summed E-state index contributed by atoms with van der Waals surface area (Å²) in [4.78, 5) is 23.0. The average molecular weight is 261 g/mol. The Bertz CT molecular complexity index is 515. The number of ether oxygens (including phenoxy) is 1. The van der Waals surface area contributed by atoms with Gasteiger partial charge in [0.05, 0.1) is 6.42 Å². The number of fused-ring (bicyclic) bond motifs is 1. The molecule has 1 aliphatic rings. The molecule has 0 aromatic heterocycles. The minimum absolute atomic E-state index is 0.0324. The van der Waals surface area contributed by atoms with Gasteiger partial charge in [0.25, 0.3) is 0 Å². The summed E-state index contributed by atoms with van der Waals surface area (Å²) < 4.78 is 5.33. The zero-order valence-electron chi connectivity index (χ0n) is 11.6. The predicted octanol–water partition coefficient (Wildman–Crippen LogP) is 2.91. The molecule has 0 atom stereocenters. The molecule has 0 spiro atoms. The number of nitrogens with one attached hydrogen (secondary N) is 1. The maximum Gasteiger partial charge on any atom is 0.311 e. The number of rotatable bonds is 2. The van der Waals surface area contributed by atoms with Crippen LogP contribution in [0.25, 0.3) is 0 Å². The first-order valence-corrected chi connectivity index (χ1v) is 6.47. The Morgan fingerprint density at radius 3 is 2.74 bits per heavy atom.